The van der Waals surface area contributed by atoms with E-state index in [1.54, 1.807) is 36.4 Å². The van der Waals surface area contributed by atoms with Crippen LogP contribution >= 0.6 is 0 Å². The molecule has 0 aliphatic carbocycles. The molecule has 0 fully saturated rings. The van der Waals surface area contributed by atoms with E-state index in [9.17, 15) is 9.59 Å². The molecule has 0 aromatic heterocycles. The molecule has 3 aromatic rings. The molecule has 0 radical (unpaired) electrons. The lowest BCUT2D eigenvalue weighted by molar-refractivity contribution is -0.132. The zero-order chi connectivity index (χ0) is 26.2. The third-order valence-corrected chi connectivity index (χ3v) is 5.28. The molecule has 8 nitrogen and oxygen atoms in total. The number of anilines is 1. The fraction of sp³-hybridized carbons (Fsp3) is 0.214. The Morgan fingerprint density at radius 1 is 0.750 bits per heavy atom. The van der Waals surface area contributed by atoms with Crippen molar-refractivity contribution in [1.29, 1.82) is 0 Å². The molecule has 0 bridgehead atoms. The van der Waals surface area contributed by atoms with Crippen molar-refractivity contribution in [3.8, 4) is 28.7 Å². The number of hydrogen-bond acceptors (Lipinski definition) is 7. The third-order valence-electron chi connectivity index (χ3n) is 5.28. The summed E-state index contributed by atoms with van der Waals surface area (Å²) in [5, 5.41) is 2.93. The Kier molecular flexibility index (Phi) is 8.57. The van der Waals surface area contributed by atoms with E-state index in [4.69, 9.17) is 23.7 Å². The molecule has 8 heteroatoms. The predicted octanol–water partition coefficient (Wildman–Crippen LogP) is 5.13. The van der Waals surface area contributed by atoms with E-state index in [1.807, 2.05) is 31.2 Å². The molecular weight excluding hydrogens is 462 g/mol. The van der Waals surface area contributed by atoms with Gasteiger partial charge >= 0.3 is 5.97 Å². The molecule has 0 saturated carbocycles. The molecule has 0 heterocycles. The Morgan fingerprint density at radius 3 is 1.89 bits per heavy atom. The van der Waals surface area contributed by atoms with Crippen LogP contribution in [0.5, 0.6) is 28.7 Å². The van der Waals surface area contributed by atoms with Crippen LogP contribution in [0.2, 0.25) is 0 Å². The van der Waals surface area contributed by atoms with Crippen LogP contribution in [0, 0.1) is 6.92 Å². The van der Waals surface area contributed by atoms with Gasteiger partial charge in [0.1, 0.15) is 0 Å². The smallest absolute Gasteiger partial charge is 0.308 e. The van der Waals surface area contributed by atoms with Crippen LogP contribution in [0.1, 0.15) is 23.6 Å². The Morgan fingerprint density at radius 2 is 1.36 bits per heavy atom. The second-order valence-electron chi connectivity index (χ2n) is 7.80. The van der Waals surface area contributed by atoms with Crippen molar-refractivity contribution < 1.29 is 33.3 Å². The van der Waals surface area contributed by atoms with Crippen molar-refractivity contribution >= 4 is 29.2 Å². The summed E-state index contributed by atoms with van der Waals surface area (Å²) < 4.78 is 27.0. The number of hydrogen-bond donors (Lipinski definition) is 1. The van der Waals surface area contributed by atoms with Crippen molar-refractivity contribution in [1.82, 2.24) is 0 Å². The van der Waals surface area contributed by atoms with Gasteiger partial charge < -0.3 is 29.0 Å². The quantitative estimate of drug-likeness (QED) is 0.192. The summed E-state index contributed by atoms with van der Waals surface area (Å²) in [6.45, 7) is 3.27. The van der Waals surface area contributed by atoms with Gasteiger partial charge in [0.2, 0.25) is 5.75 Å². The minimum Gasteiger partial charge on any atom is -0.493 e. The number of carbonyl (C=O) groups excluding carboxylic acids is 2. The number of methoxy groups -OCH3 is 4. The first-order valence-corrected chi connectivity index (χ1v) is 11.1. The van der Waals surface area contributed by atoms with E-state index in [-0.39, 0.29) is 11.7 Å². The van der Waals surface area contributed by atoms with Crippen LogP contribution in [-0.2, 0) is 9.59 Å². The summed E-state index contributed by atoms with van der Waals surface area (Å²) in [4.78, 5) is 25.1. The van der Waals surface area contributed by atoms with E-state index >= 15 is 0 Å². The van der Waals surface area contributed by atoms with Crippen molar-refractivity contribution in [3.05, 3.63) is 71.3 Å². The molecule has 1 amide bonds. The summed E-state index contributed by atoms with van der Waals surface area (Å²) in [7, 11) is 6.00. The molecule has 1 N–H and O–H groups in total. The normalized spacial score (nSPS) is 10.9. The number of ether oxygens (including phenoxy) is 5. The average molecular weight is 492 g/mol. The monoisotopic (exact) mass is 491 g/mol. The van der Waals surface area contributed by atoms with E-state index < -0.39 is 5.97 Å². The molecule has 3 rings (SSSR count). The Hall–Kier alpha value is -4.46. The number of rotatable bonds is 9. The minimum atomic E-state index is -0.489. The van der Waals surface area contributed by atoms with Gasteiger partial charge in [-0.2, -0.15) is 0 Å². The van der Waals surface area contributed by atoms with Gasteiger partial charge in [0, 0.05) is 18.2 Å². The average Bonchev–Trinajstić information content (AvgIpc) is 2.87. The van der Waals surface area contributed by atoms with Crippen molar-refractivity contribution in [2.75, 3.05) is 33.8 Å². The first-order valence-electron chi connectivity index (χ1n) is 11.1. The lowest BCUT2D eigenvalue weighted by Gasteiger charge is -2.16. The van der Waals surface area contributed by atoms with Crippen LogP contribution in [0.3, 0.4) is 0 Å². The van der Waals surface area contributed by atoms with Crippen molar-refractivity contribution in [2.24, 2.45) is 0 Å². The number of aryl methyl sites for hydroxylation is 1. The molecule has 0 atom stereocenters. The number of esters is 1. The highest BCUT2D eigenvalue weighted by molar-refractivity contribution is 6.29. The SMILES string of the molecule is COc1ccc(/C=C(/C(=O)Nc2ccc(C)cc2)c2cc(OC)c(OC)c(OC)c2)cc1OC(C)=O. The largest absolute Gasteiger partial charge is 0.493 e. The zero-order valence-electron chi connectivity index (χ0n) is 21.1. The maximum absolute atomic E-state index is 13.5. The standard InChI is InChI=1S/C28H29NO7/c1-17-7-10-21(11-8-17)29-28(31)22(20-15-25(33-4)27(35-6)26(16-20)34-5)13-19-9-12-23(32-3)24(14-19)36-18(2)30/h7-16H,1-6H3,(H,29,31)/b22-13+. The van der Waals surface area contributed by atoms with Gasteiger partial charge in [0.05, 0.1) is 28.4 Å². The molecule has 0 aliphatic heterocycles. The highest BCUT2D eigenvalue weighted by atomic mass is 16.6. The van der Waals surface area contributed by atoms with Gasteiger partial charge in [-0.05, 0) is 60.5 Å². The van der Waals surface area contributed by atoms with Gasteiger partial charge in [-0.1, -0.05) is 23.8 Å². The van der Waals surface area contributed by atoms with Crippen molar-refractivity contribution in [2.45, 2.75) is 13.8 Å². The van der Waals surface area contributed by atoms with Crippen LogP contribution in [0.4, 0.5) is 5.69 Å². The number of carbonyl (C=O) groups is 2. The lowest BCUT2D eigenvalue weighted by Crippen LogP contribution is -2.14. The second kappa shape index (κ2) is 11.8. The van der Waals surface area contributed by atoms with E-state index in [2.05, 4.69) is 5.32 Å². The Labute approximate surface area is 210 Å². The molecular formula is C28H29NO7. The summed E-state index contributed by atoms with van der Waals surface area (Å²) in [6.07, 6.45) is 1.68. The third kappa shape index (κ3) is 6.15. The van der Waals surface area contributed by atoms with E-state index in [1.165, 1.54) is 35.4 Å². The van der Waals surface area contributed by atoms with E-state index in [0.717, 1.165) is 5.56 Å². The lowest BCUT2D eigenvalue weighted by atomic mass is 10.00. The van der Waals surface area contributed by atoms with Crippen LogP contribution in [0.15, 0.2) is 54.6 Å². The summed E-state index contributed by atoms with van der Waals surface area (Å²) >= 11 is 0. The fourth-order valence-corrected chi connectivity index (χ4v) is 3.54. The van der Waals surface area contributed by atoms with Crippen LogP contribution < -0.4 is 29.0 Å². The second-order valence-corrected chi connectivity index (χ2v) is 7.80. The minimum absolute atomic E-state index is 0.238. The molecule has 0 spiro atoms. The molecule has 3 aromatic carbocycles. The van der Waals surface area contributed by atoms with Crippen molar-refractivity contribution in [3.63, 3.8) is 0 Å². The van der Waals surface area contributed by atoms with Gasteiger partial charge in [0.15, 0.2) is 23.0 Å². The number of benzene rings is 3. The maximum atomic E-state index is 13.5. The maximum Gasteiger partial charge on any atom is 0.308 e. The number of amides is 1. The number of nitrogens with one attached hydrogen (secondary N) is 1. The van der Waals surface area contributed by atoms with Crippen LogP contribution in [-0.4, -0.2) is 40.3 Å². The summed E-state index contributed by atoms with van der Waals surface area (Å²) in [5.74, 6) is 0.980. The Balaban J connectivity index is 2.16. The van der Waals surface area contributed by atoms with Gasteiger partial charge in [-0.25, -0.2) is 0 Å². The topological polar surface area (TPSA) is 92.3 Å². The summed E-state index contributed by atoms with van der Waals surface area (Å²) in [5.41, 5.74) is 3.16. The predicted molar refractivity (Wildman–Crippen MR) is 138 cm³/mol. The fourth-order valence-electron chi connectivity index (χ4n) is 3.54. The first-order chi connectivity index (χ1) is 17.3. The van der Waals surface area contributed by atoms with Crippen LogP contribution in [0.25, 0.3) is 11.6 Å². The molecule has 36 heavy (non-hydrogen) atoms. The molecule has 0 saturated heterocycles. The molecule has 0 aliphatic rings. The molecule has 0 unspecified atom stereocenters. The highest BCUT2D eigenvalue weighted by Gasteiger charge is 2.20. The first kappa shape index (κ1) is 26.2. The van der Waals surface area contributed by atoms with Gasteiger partial charge in [-0.15, -0.1) is 0 Å². The van der Waals surface area contributed by atoms with Gasteiger partial charge in [0.25, 0.3) is 5.91 Å². The van der Waals surface area contributed by atoms with E-state index in [0.29, 0.717) is 45.4 Å². The summed E-state index contributed by atoms with van der Waals surface area (Å²) in [6, 6.07) is 15.9. The highest BCUT2D eigenvalue weighted by Crippen LogP contribution is 2.40. The zero-order valence-corrected chi connectivity index (χ0v) is 21.1. The Bertz CT molecular complexity index is 1250. The molecule has 188 valence electrons. The van der Waals surface area contributed by atoms with Gasteiger partial charge in [-0.3, -0.25) is 9.59 Å².